The predicted octanol–water partition coefficient (Wildman–Crippen LogP) is 7.87. The number of fused-ring (bicyclic) bond motifs is 6. The highest BCUT2D eigenvalue weighted by Gasteiger charge is 2.49. The maximum Gasteiger partial charge on any atom is 0.234 e. The number of nitrogens with one attached hydrogen (secondary N) is 4. The zero-order valence-corrected chi connectivity index (χ0v) is 55.9. The number of allylic oxidation sites excluding steroid dienone is 9. The molecule has 12 nitrogen and oxygen atoms in total. The van der Waals surface area contributed by atoms with E-state index in [0.29, 0.717) is 91.9 Å². The van der Waals surface area contributed by atoms with Crippen LogP contribution in [0, 0.1) is 11.8 Å². The Kier molecular flexibility index (Phi) is 13.8. The molecule has 4 aliphatic heterocycles. The number of rotatable bonds is 14. The van der Waals surface area contributed by atoms with Crippen molar-refractivity contribution in [1.29, 1.82) is 0 Å². The van der Waals surface area contributed by atoms with Crippen molar-refractivity contribution in [3.05, 3.63) is 211 Å². The number of hydrogen-bond acceptors (Lipinski definition) is 9. The molecule has 474 valence electrons. The molecule has 7 aliphatic rings. The number of nitrogens with zero attached hydrogens (tertiary/aromatic N) is 2. The van der Waals surface area contributed by atoms with Gasteiger partial charge >= 0.3 is 0 Å². The van der Waals surface area contributed by atoms with Gasteiger partial charge in [0.15, 0.2) is 23.1 Å². The first-order valence-electron chi connectivity index (χ1n) is 33.9. The summed E-state index contributed by atoms with van der Waals surface area (Å²) in [5.41, 5.74) is 6.45. The van der Waals surface area contributed by atoms with Gasteiger partial charge in [0.05, 0.1) is 38.0 Å². The molecule has 3 aliphatic carbocycles. The number of carbonyl (C=O) groups excluding carboxylic acids is 3. The molecule has 4 N–H and O–H groups in total. The Labute approximate surface area is 547 Å². The minimum absolute atomic E-state index is 0.0368. The van der Waals surface area contributed by atoms with Crippen LogP contribution in [0.2, 0.25) is 0 Å². The summed E-state index contributed by atoms with van der Waals surface area (Å²) >= 11 is 0. The molecule has 15 rings (SSSR count). The second-order valence-corrected chi connectivity index (χ2v) is 28.9. The van der Waals surface area contributed by atoms with Crippen molar-refractivity contribution in [1.82, 2.24) is 0 Å². The summed E-state index contributed by atoms with van der Waals surface area (Å²) < 4.78 is 2.31. The third kappa shape index (κ3) is 8.55. The van der Waals surface area contributed by atoms with Crippen LogP contribution in [0.4, 0.5) is 22.7 Å². The fraction of sp³-hybridized carbons (Fsp3) is 0.317. The van der Waals surface area contributed by atoms with Crippen LogP contribution in [-0.2, 0) is 25.2 Å². The van der Waals surface area contributed by atoms with Crippen molar-refractivity contribution in [2.45, 2.75) is 144 Å². The Balaban J connectivity index is 0.858. The van der Waals surface area contributed by atoms with E-state index in [1.54, 1.807) is 0 Å². The quantitative estimate of drug-likeness (QED) is 0.0623. The molecule has 0 fully saturated rings. The molecule has 12 heteroatoms. The fourth-order valence-electron chi connectivity index (χ4n) is 16.4. The van der Waals surface area contributed by atoms with Crippen LogP contribution >= 0.6 is 0 Å². The molecule has 0 aromatic heterocycles. The van der Waals surface area contributed by atoms with Crippen molar-refractivity contribution in [2.75, 3.05) is 28.6 Å². The van der Waals surface area contributed by atoms with Gasteiger partial charge in [-0.1, -0.05) is 178 Å². The lowest BCUT2D eigenvalue weighted by molar-refractivity contribution is -0.585. The summed E-state index contributed by atoms with van der Waals surface area (Å²) in [4.78, 5) is 55.0. The summed E-state index contributed by atoms with van der Waals surface area (Å²) in [5.74, 6) is -1.26. The number of carbonyl (C=O) groups is 3. The van der Waals surface area contributed by atoms with Gasteiger partial charge in [0.2, 0.25) is 27.7 Å². The van der Waals surface area contributed by atoms with Crippen molar-refractivity contribution >= 4 is 111 Å². The van der Waals surface area contributed by atoms with Crippen LogP contribution < -0.4 is 62.0 Å². The van der Waals surface area contributed by atoms with Gasteiger partial charge < -0.3 is 30.9 Å². The monoisotopic (exact) mass is 1240 g/mol. The Bertz CT molecular complexity index is 5310. The lowest BCUT2D eigenvalue weighted by Gasteiger charge is -2.36. The molecule has 0 atom stereocenters. The van der Waals surface area contributed by atoms with Crippen LogP contribution in [0.5, 0.6) is 0 Å². The van der Waals surface area contributed by atoms with Gasteiger partial charge in [-0.15, -0.1) is 0 Å². The SMILES string of the molecule is CCC1(CC)Nc2c(C3=C([O-])/C(=C/C4=[N+](CCC(C)C)c5ccc6ccccc6c5C4(C)C)C3=O)ccc3cc/c(=C4/C(=O)C(c5ccc6cc/c(=C7/C(=O)C(/C=C8\N(CCC(C)C)c9ccc%10ccccc%10c9C8(C)C)=C7[O-])c7c6c5NC(CC)(CC)[NH+]=7)=C4[O-])c(c23)=[NH+]1. The lowest BCUT2D eigenvalue weighted by atomic mass is 9.76. The van der Waals surface area contributed by atoms with Gasteiger partial charge in [0, 0.05) is 118 Å². The Morgan fingerprint density at radius 1 is 0.521 bits per heavy atom. The maximum atomic E-state index is 15.3. The van der Waals surface area contributed by atoms with Crippen LogP contribution in [0.25, 0.3) is 65.4 Å². The molecule has 0 amide bonds. The first-order valence-corrected chi connectivity index (χ1v) is 33.9. The lowest BCUT2D eigenvalue weighted by Crippen LogP contribution is -2.95. The van der Waals surface area contributed by atoms with E-state index in [1.165, 1.54) is 11.1 Å². The van der Waals surface area contributed by atoms with E-state index in [9.17, 15) is 19.8 Å². The van der Waals surface area contributed by atoms with Crippen molar-refractivity contribution in [3.63, 3.8) is 0 Å². The van der Waals surface area contributed by atoms with Crippen LogP contribution in [0.3, 0.4) is 0 Å². The minimum Gasteiger partial charge on any atom is -0.871 e. The summed E-state index contributed by atoms with van der Waals surface area (Å²) in [6, 6.07) is 40.4. The summed E-state index contributed by atoms with van der Waals surface area (Å²) in [5, 5.41) is 62.3. The molecule has 0 saturated carbocycles. The molecule has 8 aromatic carbocycles. The first kappa shape index (κ1) is 60.6. The molecule has 0 saturated heterocycles. The Morgan fingerprint density at radius 2 is 1.02 bits per heavy atom. The highest BCUT2D eigenvalue weighted by molar-refractivity contribution is 6.52. The molecule has 4 heterocycles. The first-order chi connectivity index (χ1) is 45.0. The average Bonchev–Trinajstić information content (AvgIpc) is 0.762. The second kappa shape index (κ2) is 21.4. The number of hydrogen-bond donors (Lipinski definition) is 4. The highest BCUT2D eigenvalue weighted by atomic mass is 16.3. The fourth-order valence-corrected chi connectivity index (χ4v) is 16.4. The second-order valence-electron chi connectivity index (χ2n) is 28.9. The van der Waals surface area contributed by atoms with E-state index in [0.717, 1.165) is 81.0 Å². The van der Waals surface area contributed by atoms with Gasteiger partial charge in [-0.2, -0.15) is 4.58 Å². The van der Waals surface area contributed by atoms with E-state index in [1.807, 2.05) is 72.8 Å². The van der Waals surface area contributed by atoms with Gasteiger partial charge in [-0.05, 0) is 100 Å². The van der Waals surface area contributed by atoms with E-state index in [2.05, 4.69) is 174 Å². The summed E-state index contributed by atoms with van der Waals surface area (Å²) in [6.07, 6.45) is 7.84. The van der Waals surface area contributed by atoms with Gasteiger partial charge in [0.25, 0.3) is 0 Å². The van der Waals surface area contributed by atoms with Gasteiger partial charge in [-0.25, -0.2) is 9.98 Å². The largest absolute Gasteiger partial charge is 0.871 e. The van der Waals surface area contributed by atoms with E-state index in [4.69, 9.17) is 0 Å². The Morgan fingerprint density at radius 3 is 1.54 bits per heavy atom. The summed E-state index contributed by atoms with van der Waals surface area (Å²) in [7, 11) is 0. The summed E-state index contributed by atoms with van der Waals surface area (Å²) in [6.45, 7) is 27.2. The molecule has 94 heavy (non-hydrogen) atoms. The minimum atomic E-state index is -0.783. The molecule has 0 unspecified atom stereocenters. The molecule has 0 radical (unpaired) electrons. The number of Topliss-reactive ketones (excluding diaryl/α,β-unsaturated/α-hetero) is 3. The molecular weight excluding hydrogens is 1160 g/mol. The third-order valence-electron chi connectivity index (χ3n) is 22.0. The molecule has 8 aromatic rings. The van der Waals surface area contributed by atoms with E-state index >= 15 is 9.90 Å². The van der Waals surface area contributed by atoms with Crippen molar-refractivity contribution in [2.24, 2.45) is 11.8 Å². The molecule has 0 bridgehead atoms. The van der Waals surface area contributed by atoms with Crippen LogP contribution in [0.1, 0.15) is 144 Å². The van der Waals surface area contributed by atoms with Crippen LogP contribution in [0.15, 0.2) is 168 Å². The predicted molar refractivity (Wildman–Crippen MR) is 369 cm³/mol. The number of ketones is 3. The standard InChI is InChI=1S/C82H80N6O6/c1-13-81(14-2)83-69-51(63-73(89)55(74(63)90)41-59-79(9,10)67-49-23-19-17-21-45(49)29-35-57(67)87(59)39-37-43(5)6)31-25-47-27-33-53(71(85-81)61(47)69)65-77(93)66(78(65)94)54-34-28-48-26-32-52(70-62(48)72(54)86-82(15-3,16-4)84-70)64-75(91)56(76(64)92)42-60-80(11,12)68-50-24-20-18-22-46(50)30-36-58(68)88(60)40-38-44(7)8/h17-36,41-44H,13-16,37-40H2,1-12H3,(H4,83,84,85,86,89,90,91,92,93,94)/b59-41-. The zero-order valence-electron chi connectivity index (χ0n) is 55.9. The topological polar surface area (TPSA) is 179 Å². The maximum absolute atomic E-state index is 15.3. The smallest absolute Gasteiger partial charge is 0.234 e. The zero-order chi connectivity index (χ0) is 66.0. The van der Waals surface area contributed by atoms with Crippen molar-refractivity contribution < 1.29 is 44.3 Å². The normalized spacial score (nSPS) is 20.8. The highest BCUT2D eigenvalue weighted by Crippen LogP contribution is 2.53. The van der Waals surface area contributed by atoms with Crippen molar-refractivity contribution in [3.8, 4) is 0 Å². The Hall–Kier alpha value is -9.68. The average molecular weight is 1250 g/mol. The molecular formula is C82H80N6O6. The van der Waals surface area contributed by atoms with E-state index in [-0.39, 0.29) is 56.5 Å². The van der Waals surface area contributed by atoms with Gasteiger partial charge in [0.1, 0.15) is 6.54 Å². The van der Waals surface area contributed by atoms with E-state index < -0.39 is 33.7 Å². The molecule has 0 spiro atoms. The van der Waals surface area contributed by atoms with Crippen LogP contribution in [-0.4, -0.2) is 52.1 Å². The third-order valence-corrected chi connectivity index (χ3v) is 22.0. The number of anilines is 3. The number of benzene rings is 8. The van der Waals surface area contributed by atoms with Gasteiger partial charge in [-0.3, -0.25) is 14.4 Å².